The Morgan fingerprint density at radius 2 is 1.70 bits per heavy atom. The Labute approximate surface area is 133 Å². The van der Waals surface area contributed by atoms with E-state index >= 15 is 0 Å². The second-order valence-electron chi connectivity index (χ2n) is 5.89. The number of carbonyl (C=O) groups is 3. The van der Waals surface area contributed by atoms with Gasteiger partial charge < -0.3 is 26.0 Å². The molecule has 8 nitrogen and oxygen atoms in total. The maximum Gasteiger partial charge on any atom is 0.408 e. The van der Waals surface area contributed by atoms with Crippen molar-refractivity contribution in [3.8, 4) is 0 Å². The van der Waals surface area contributed by atoms with E-state index in [0.29, 0.717) is 0 Å². The van der Waals surface area contributed by atoms with Crippen LogP contribution in [-0.4, -0.2) is 39.9 Å². The molecule has 0 saturated carbocycles. The number of aliphatic carboxylic acids is 1. The molecule has 0 fully saturated rings. The molecular weight excluding hydrogens is 304 g/mol. The fourth-order valence-corrected chi connectivity index (χ4v) is 1.78. The summed E-state index contributed by atoms with van der Waals surface area (Å²) in [6.07, 6.45) is -2.76. The SMILES string of the molecule is CC(C)(C)OC(=O)N[C@@H](c1ccc(C(N)=O)cc1)[C@@H](O)C(=O)O. The third-order valence-electron chi connectivity index (χ3n) is 2.80. The number of benzene rings is 1. The molecule has 0 aliphatic rings. The zero-order valence-corrected chi connectivity index (χ0v) is 13.1. The van der Waals surface area contributed by atoms with E-state index in [4.69, 9.17) is 15.6 Å². The number of primary amides is 1. The van der Waals surface area contributed by atoms with Crippen LogP contribution in [0.5, 0.6) is 0 Å². The number of aliphatic hydroxyl groups excluding tert-OH is 1. The lowest BCUT2D eigenvalue weighted by Crippen LogP contribution is -2.42. The molecule has 0 heterocycles. The van der Waals surface area contributed by atoms with E-state index in [0.717, 1.165) is 0 Å². The maximum atomic E-state index is 11.8. The molecule has 2 atom stereocenters. The van der Waals surface area contributed by atoms with Gasteiger partial charge in [-0.05, 0) is 38.5 Å². The number of nitrogens with one attached hydrogen (secondary N) is 1. The molecule has 0 spiro atoms. The molecule has 0 unspecified atom stereocenters. The maximum absolute atomic E-state index is 11.8. The van der Waals surface area contributed by atoms with E-state index in [1.807, 2.05) is 0 Å². The van der Waals surface area contributed by atoms with Gasteiger partial charge in [0.1, 0.15) is 5.60 Å². The first-order valence-corrected chi connectivity index (χ1v) is 6.81. The van der Waals surface area contributed by atoms with Gasteiger partial charge in [-0.2, -0.15) is 0 Å². The van der Waals surface area contributed by atoms with Crippen LogP contribution in [0.2, 0.25) is 0 Å². The molecule has 126 valence electrons. The number of aliphatic hydroxyl groups is 1. The summed E-state index contributed by atoms with van der Waals surface area (Å²) in [7, 11) is 0. The summed E-state index contributed by atoms with van der Waals surface area (Å²) in [5.41, 5.74) is 4.85. The van der Waals surface area contributed by atoms with Crippen LogP contribution in [0.25, 0.3) is 0 Å². The van der Waals surface area contributed by atoms with E-state index < -0.39 is 35.7 Å². The number of amides is 2. The zero-order valence-electron chi connectivity index (χ0n) is 13.1. The van der Waals surface area contributed by atoms with E-state index in [-0.39, 0.29) is 11.1 Å². The number of hydrogen-bond donors (Lipinski definition) is 4. The molecule has 1 aromatic rings. The second-order valence-corrected chi connectivity index (χ2v) is 5.89. The quantitative estimate of drug-likeness (QED) is 0.631. The number of carbonyl (C=O) groups excluding carboxylic acids is 2. The number of nitrogens with two attached hydrogens (primary N) is 1. The summed E-state index contributed by atoms with van der Waals surface area (Å²) in [6.45, 7) is 4.95. The van der Waals surface area contributed by atoms with Gasteiger partial charge in [-0.1, -0.05) is 12.1 Å². The Hall–Kier alpha value is -2.61. The highest BCUT2D eigenvalue weighted by Gasteiger charge is 2.30. The highest BCUT2D eigenvalue weighted by Crippen LogP contribution is 2.19. The topological polar surface area (TPSA) is 139 Å². The predicted molar refractivity (Wildman–Crippen MR) is 80.7 cm³/mol. The Morgan fingerprint density at radius 1 is 1.17 bits per heavy atom. The minimum absolute atomic E-state index is 0.217. The van der Waals surface area contributed by atoms with Gasteiger partial charge >= 0.3 is 12.1 Å². The summed E-state index contributed by atoms with van der Waals surface area (Å²) in [5.74, 6) is -2.16. The van der Waals surface area contributed by atoms with Crippen molar-refractivity contribution in [3.05, 3.63) is 35.4 Å². The first-order valence-electron chi connectivity index (χ1n) is 6.81. The molecule has 1 rings (SSSR count). The van der Waals surface area contributed by atoms with Crippen molar-refractivity contribution in [1.82, 2.24) is 5.32 Å². The third-order valence-corrected chi connectivity index (χ3v) is 2.80. The van der Waals surface area contributed by atoms with Crippen LogP contribution in [0.4, 0.5) is 4.79 Å². The Morgan fingerprint density at radius 3 is 2.09 bits per heavy atom. The second kappa shape index (κ2) is 7.10. The molecule has 0 aromatic heterocycles. The fourth-order valence-electron chi connectivity index (χ4n) is 1.78. The van der Waals surface area contributed by atoms with Gasteiger partial charge in [0.25, 0.3) is 0 Å². The lowest BCUT2D eigenvalue weighted by Gasteiger charge is -2.25. The van der Waals surface area contributed by atoms with Crippen LogP contribution >= 0.6 is 0 Å². The summed E-state index contributed by atoms with van der Waals surface area (Å²) >= 11 is 0. The van der Waals surface area contributed by atoms with Crippen LogP contribution < -0.4 is 11.1 Å². The highest BCUT2D eigenvalue weighted by atomic mass is 16.6. The van der Waals surface area contributed by atoms with Crippen molar-refractivity contribution in [1.29, 1.82) is 0 Å². The molecule has 5 N–H and O–H groups in total. The van der Waals surface area contributed by atoms with Crippen molar-refractivity contribution in [2.45, 2.75) is 38.5 Å². The predicted octanol–water partition coefficient (Wildman–Crippen LogP) is 0.797. The molecule has 0 bridgehead atoms. The zero-order chi connectivity index (χ0) is 17.8. The third kappa shape index (κ3) is 5.59. The van der Waals surface area contributed by atoms with E-state index in [2.05, 4.69) is 5.32 Å². The molecular formula is C15H20N2O6. The number of carboxylic acid groups (broad SMARTS) is 1. The highest BCUT2D eigenvalue weighted by molar-refractivity contribution is 5.92. The molecule has 23 heavy (non-hydrogen) atoms. The minimum Gasteiger partial charge on any atom is -0.479 e. The van der Waals surface area contributed by atoms with Gasteiger partial charge in [0.15, 0.2) is 6.10 Å². The number of hydrogen-bond acceptors (Lipinski definition) is 5. The van der Waals surface area contributed by atoms with Crippen LogP contribution in [0.15, 0.2) is 24.3 Å². The standard InChI is InChI=1S/C15H20N2O6/c1-15(2,3)23-14(22)17-10(11(18)13(20)21)8-4-6-9(7-5-8)12(16)19/h4-7,10-11,18H,1-3H3,(H2,16,19)(H,17,22)(H,20,21)/t10-,11+/m0/s1. The smallest absolute Gasteiger partial charge is 0.408 e. The monoisotopic (exact) mass is 324 g/mol. The van der Waals surface area contributed by atoms with Crippen LogP contribution in [0.3, 0.4) is 0 Å². The normalized spacial score (nSPS) is 13.7. The molecule has 1 aromatic carbocycles. The summed E-state index contributed by atoms with van der Waals surface area (Å²) in [5, 5.41) is 21.1. The van der Waals surface area contributed by atoms with Crippen LogP contribution in [0.1, 0.15) is 42.7 Å². The van der Waals surface area contributed by atoms with Crippen molar-refractivity contribution >= 4 is 18.0 Å². The lowest BCUT2D eigenvalue weighted by atomic mass is 10.00. The minimum atomic E-state index is -1.89. The molecule has 0 aliphatic heterocycles. The summed E-state index contributed by atoms with van der Waals surface area (Å²) < 4.78 is 5.05. The van der Waals surface area contributed by atoms with E-state index in [1.165, 1.54) is 24.3 Å². The number of alkyl carbamates (subject to hydrolysis) is 1. The molecule has 2 amide bonds. The Bertz CT molecular complexity index is 591. The van der Waals surface area contributed by atoms with E-state index in [1.54, 1.807) is 20.8 Å². The Balaban J connectivity index is 3.03. The van der Waals surface area contributed by atoms with Crippen molar-refractivity contribution in [2.24, 2.45) is 5.73 Å². The van der Waals surface area contributed by atoms with Gasteiger partial charge in [0, 0.05) is 5.56 Å². The van der Waals surface area contributed by atoms with Gasteiger partial charge in [-0.25, -0.2) is 9.59 Å². The Kier molecular flexibility index (Phi) is 5.69. The average molecular weight is 324 g/mol. The van der Waals surface area contributed by atoms with Crippen LogP contribution in [-0.2, 0) is 9.53 Å². The van der Waals surface area contributed by atoms with Crippen molar-refractivity contribution in [3.63, 3.8) is 0 Å². The summed E-state index contributed by atoms with van der Waals surface area (Å²) in [4.78, 5) is 33.9. The largest absolute Gasteiger partial charge is 0.479 e. The van der Waals surface area contributed by atoms with E-state index in [9.17, 15) is 19.5 Å². The number of ether oxygens (including phenoxy) is 1. The number of rotatable bonds is 5. The van der Waals surface area contributed by atoms with Gasteiger partial charge in [-0.15, -0.1) is 0 Å². The van der Waals surface area contributed by atoms with Gasteiger partial charge in [-0.3, -0.25) is 4.79 Å². The molecule has 0 aliphatic carbocycles. The fraction of sp³-hybridized carbons (Fsp3) is 0.400. The lowest BCUT2D eigenvalue weighted by molar-refractivity contribution is -0.148. The molecule has 8 heteroatoms. The number of carboxylic acids is 1. The van der Waals surface area contributed by atoms with Gasteiger partial charge in [0.05, 0.1) is 6.04 Å². The molecule has 0 radical (unpaired) electrons. The molecule has 0 saturated heterocycles. The van der Waals surface area contributed by atoms with Crippen LogP contribution in [0, 0.1) is 0 Å². The summed E-state index contributed by atoms with van der Waals surface area (Å²) in [6, 6.07) is 4.29. The first kappa shape index (κ1) is 18.4. The first-order chi connectivity index (χ1) is 10.5. The average Bonchev–Trinajstić information content (AvgIpc) is 2.42. The van der Waals surface area contributed by atoms with Crippen molar-refractivity contribution < 1.29 is 29.3 Å². The van der Waals surface area contributed by atoms with Crippen molar-refractivity contribution in [2.75, 3.05) is 0 Å². The van der Waals surface area contributed by atoms with Gasteiger partial charge in [0.2, 0.25) is 5.91 Å².